The summed E-state index contributed by atoms with van der Waals surface area (Å²) >= 11 is 6.24. The first kappa shape index (κ1) is 19.0. The smallest absolute Gasteiger partial charge is 0.267 e. The Kier molecular flexibility index (Phi) is 4.67. The highest BCUT2D eigenvalue weighted by atomic mass is 35.5. The molecule has 0 aliphatic carbocycles. The van der Waals surface area contributed by atoms with Crippen LogP contribution in [0.1, 0.15) is 18.4 Å². The van der Waals surface area contributed by atoms with Crippen molar-refractivity contribution in [1.29, 1.82) is 0 Å². The van der Waals surface area contributed by atoms with Gasteiger partial charge in [0.1, 0.15) is 5.82 Å². The lowest BCUT2D eigenvalue weighted by Crippen LogP contribution is -2.35. The minimum atomic E-state index is -4.07. The molecule has 2 heterocycles. The van der Waals surface area contributed by atoms with Crippen LogP contribution in [0.15, 0.2) is 52.4 Å². The van der Waals surface area contributed by atoms with Crippen molar-refractivity contribution in [3.63, 3.8) is 0 Å². The van der Waals surface area contributed by atoms with Gasteiger partial charge in [0.15, 0.2) is 4.91 Å². The number of anilines is 2. The number of nitrogens with zero attached hydrogens (tertiary/aromatic N) is 2. The number of sulfone groups is 1. The zero-order valence-electron chi connectivity index (χ0n) is 15.2. The molecule has 4 rings (SSSR count). The van der Waals surface area contributed by atoms with Gasteiger partial charge in [0, 0.05) is 30.0 Å². The van der Waals surface area contributed by atoms with E-state index in [1.54, 1.807) is 18.2 Å². The highest BCUT2D eigenvalue weighted by Gasteiger charge is 2.38. The third-order valence-corrected chi connectivity index (χ3v) is 7.23. The van der Waals surface area contributed by atoms with E-state index in [4.69, 9.17) is 11.6 Å². The Bertz CT molecular complexity index is 1110. The van der Waals surface area contributed by atoms with Crippen LogP contribution in [0.25, 0.3) is 0 Å². The number of hydrogen-bond donors (Lipinski definition) is 0. The molecule has 0 bridgehead atoms. The fourth-order valence-electron chi connectivity index (χ4n) is 3.47. The SMILES string of the molecule is Cc1ccc(N2C=C(C(=O)N3CCCC3)S(=O)(=O)c3ccc(F)cc32)cc1Cl. The van der Waals surface area contributed by atoms with E-state index in [0.29, 0.717) is 23.8 Å². The molecule has 0 N–H and O–H groups in total. The first-order valence-corrected chi connectivity index (χ1v) is 10.8. The van der Waals surface area contributed by atoms with Gasteiger partial charge in [-0.25, -0.2) is 12.8 Å². The lowest BCUT2D eigenvalue weighted by atomic mass is 10.2. The van der Waals surface area contributed by atoms with Crippen LogP contribution in [0.3, 0.4) is 0 Å². The fourth-order valence-corrected chi connectivity index (χ4v) is 5.17. The molecule has 0 saturated carbocycles. The molecule has 2 aliphatic rings. The minimum absolute atomic E-state index is 0.101. The van der Waals surface area contributed by atoms with E-state index in [1.165, 1.54) is 22.1 Å². The molecule has 2 aliphatic heterocycles. The van der Waals surface area contributed by atoms with Crippen LogP contribution in [0, 0.1) is 12.7 Å². The van der Waals surface area contributed by atoms with Crippen molar-refractivity contribution >= 4 is 38.7 Å². The molecule has 146 valence electrons. The monoisotopic (exact) mass is 420 g/mol. The first-order chi connectivity index (χ1) is 13.3. The van der Waals surface area contributed by atoms with Crippen LogP contribution in [-0.2, 0) is 14.6 Å². The number of hydrogen-bond acceptors (Lipinski definition) is 4. The predicted molar refractivity (Wildman–Crippen MR) is 106 cm³/mol. The second-order valence-corrected chi connectivity index (χ2v) is 9.21. The first-order valence-electron chi connectivity index (χ1n) is 8.90. The highest BCUT2D eigenvalue weighted by molar-refractivity contribution is 7.96. The van der Waals surface area contributed by atoms with E-state index in [1.807, 2.05) is 6.92 Å². The molecule has 8 heteroatoms. The number of fused-ring (bicyclic) bond motifs is 1. The number of carbonyl (C=O) groups is 1. The zero-order valence-corrected chi connectivity index (χ0v) is 16.7. The molecule has 0 radical (unpaired) electrons. The maximum Gasteiger partial charge on any atom is 0.267 e. The molecule has 1 amide bonds. The molecule has 2 aromatic rings. The van der Waals surface area contributed by atoms with E-state index >= 15 is 0 Å². The topological polar surface area (TPSA) is 57.7 Å². The Morgan fingerprint density at radius 3 is 2.50 bits per heavy atom. The maximum atomic E-state index is 13.9. The molecule has 0 spiro atoms. The number of carbonyl (C=O) groups excluding carboxylic acids is 1. The van der Waals surface area contributed by atoms with E-state index in [2.05, 4.69) is 0 Å². The standard InChI is InChI=1S/C20H18ClFN2O3S/c1-13-4-6-15(11-16(13)21)24-12-19(20(25)23-8-2-3-9-23)28(26,27)18-7-5-14(22)10-17(18)24/h4-7,10-12H,2-3,8-9H2,1H3. The van der Waals surface area contributed by atoms with E-state index in [-0.39, 0.29) is 15.5 Å². The predicted octanol–water partition coefficient (Wildman–Crippen LogP) is 4.18. The number of rotatable bonds is 2. The Balaban J connectivity index is 1.91. The van der Waals surface area contributed by atoms with Crippen molar-refractivity contribution in [2.24, 2.45) is 0 Å². The van der Waals surface area contributed by atoms with Gasteiger partial charge < -0.3 is 9.80 Å². The molecule has 0 unspecified atom stereocenters. The molecule has 0 atom stereocenters. The van der Waals surface area contributed by atoms with Gasteiger partial charge in [-0.15, -0.1) is 0 Å². The van der Waals surface area contributed by atoms with Crippen molar-refractivity contribution in [1.82, 2.24) is 4.90 Å². The van der Waals surface area contributed by atoms with Crippen LogP contribution in [0.2, 0.25) is 5.02 Å². The minimum Gasteiger partial charge on any atom is -0.338 e. The average molecular weight is 421 g/mol. The summed E-state index contributed by atoms with van der Waals surface area (Å²) in [5.74, 6) is -1.10. The van der Waals surface area contributed by atoms with Crippen molar-refractivity contribution < 1.29 is 17.6 Å². The van der Waals surface area contributed by atoms with Gasteiger partial charge in [0.2, 0.25) is 9.84 Å². The van der Waals surface area contributed by atoms with Crippen molar-refractivity contribution in [2.75, 3.05) is 18.0 Å². The van der Waals surface area contributed by atoms with Crippen LogP contribution in [0.4, 0.5) is 15.8 Å². The van der Waals surface area contributed by atoms with E-state index in [0.717, 1.165) is 30.5 Å². The summed E-state index contributed by atoms with van der Waals surface area (Å²) in [6.07, 6.45) is 2.97. The summed E-state index contributed by atoms with van der Waals surface area (Å²) in [6.45, 7) is 2.90. The summed E-state index contributed by atoms with van der Waals surface area (Å²) in [5.41, 5.74) is 1.55. The maximum absolute atomic E-state index is 13.9. The molecule has 2 aromatic carbocycles. The van der Waals surface area contributed by atoms with Crippen molar-refractivity contribution in [3.8, 4) is 0 Å². The van der Waals surface area contributed by atoms with Crippen molar-refractivity contribution in [3.05, 3.63) is 63.9 Å². The van der Waals surface area contributed by atoms with Gasteiger partial charge in [-0.05, 0) is 55.7 Å². The number of amides is 1. The van der Waals surface area contributed by atoms with Gasteiger partial charge in [-0.2, -0.15) is 0 Å². The molecule has 28 heavy (non-hydrogen) atoms. The summed E-state index contributed by atoms with van der Waals surface area (Å²) in [5, 5.41) is 0.490. The van der Waals surface area contributed by atoms with E-state index in [9.17, 15) is 17.6 Å². The average Bonchev–Trinajstić information content (AvgIpc) is 3.18. The van der Waals surface area contributed by atoms with Crippen molar-refractivity contribution in [2.45, 2.75) is 24.7 Å². The van der Waals surface area contributed by atoms with Gasteiger partial charge in [-0.1, -0.05) is 17.7 Å². The van der Waals surface area contributed by atoms with Crippen LogP contribution < -0.4 is 4.90 Å². The summed E-state index contributed by atoms with van der Waals surface area (Å²) in [7, 11) is -4.07. The number of aryl methyl sites for hydroxylation is 1. The molecular weight excluding hydrogens is 403 g/mol. The van der Waals surface area contributed by atoms with Gasteiger partial charge in [0.25, 0.3) is 5.91 Å². The molecule has 1 fully saturated rings. The van der Waals surface area contributed by atoms with E-state index < -0.39 is 21.6 Å². The number of halogens is 2. The summed E-state index contributed by atoms with van der Waals surface area (Å²) < 4.78 is 40.2. The van der Waals surface area contributed by atoms with Gasteiger partial charge >= 0.3 is 0 Å². The van der Waals surface area contributed by atoms with Gasteiger partial charge in [-0.3, -0.25) is 4.79 Å². The van der Waals surface area contributed by atoms with Crippen LogP contribution in [0.5, 0.6) is 0 Å². The van der Waals surface area contributed by atoms with Crippen LogP contribution >= 0.6 is 11.6 Å². The fraction of sp³-hybridized carbons (Fsp3) is 0.250. The largest absolute Gasteiger partial charge is 0.338 e. The molecular formula is C20H18ClFN2O3S. The summed E-state index contributed by atoms with van der Waals surface area (Å²) in [4.78, 5) is 15.6. The number of likely N-dealkylation sites (tertiary alicyclic amines) is 1. The Morgan fingerprint density at radius 1 is 1.11 bits per heavy atom. The third-order valence-electron chi connectivity index (χ3n) is 5.04. The lowest BCUT2D eigenvalue weighted by Gasteiger charge is -2.30. The van der Waals surface area contributed by atoms with Crippen LogP contribution in [-0.4, -0.2) is 32.3 Å². The quantitative estimate of drug-likeness (QED) is 0.684. The van der Waals surface area contributed by atoms with Gasteiger partial charge in [0.05, 0.1) is 10.6 Å². The normalized spacial score (nSPS) is 18.0. The second kappa shape index (κ2) is 6.90. The summed E-state index contributed by atoms with van der Waals surface area (Å²) in [6, 6.07) is 8.64. The Morgan fingerprint density at radius 2 is 1.82 bits per heavy atom. The highest BCUT2D eigenvalue weighted by Crippen LogP contribution is 2.41. The third kappa shape index (κ3) is 3.08. The Labute approximate surface area is 167 Å². The molecule has 5 nitrogen and oxygen atoms in total. The molecule has 0 aromatic heterocycles. The zero-order chi connectivity index (χ0) is 20.1. The lowest BCUT2D eigenvalue weighted by molar-refractivity contribution is -0.125. The number of benzene rings is 2. The second-order valence-electron chi connectivity index (χ2n) is 6.91. The Hall–Kier alpha value is -2.38. The molecule has 1 saturated heterocycles.